The number of hydrogen-bond acceptors (Lipinski definition) is 4. The van der Waals surface area contributed by atoms with Crippen molar-refractivity contribution < 1.29 is 24.3 Å². The van der Waals surface area contributed by atoms with E-state index in [0.717, 1.165) is 10.6 Å². The fraction of sp³-hybridized carbons (Fsp3) is 0.385. The van der Waals surface area contributed by atoms with Crippen LogP contribution in [0.1, 0.15) is 5.56 Å². The predicted molar refractivity (Wildman–Crippen MR) is 72.1 cm³/mol. The molecule has 0 radical (unpaired) electrons. The summed E-state index contributed by atoms with van der Waals surface area (Å²) >= 11 is 0. The Kier molecular flexibility index (Phi) is 4.18. The fourth-order valence-corrected chi connectivity index (χ4v) is 2.59. The Balaban J connectivity index is 2.28. The lowest BCUT2D eigenvalue weighted by Gasteiger charge is -2.41. The number of amides is 1. The summed E-state index contributed by atoms with van der Waals surface area (Å²) in [4.78, 5) is 33.6. The van der Waals surface area contributed by atoms with Crippen molar-refractivity contribution in [2.45, 2.75) is 12.6 Å². The first-order valence-electron chi connectivity index (χ1n) is 6.45. The predicted octanol–water partition coefficient (Wildman–Crippen LogP) is 1.13. The molecule has 0 aromatic heterocycles. The van der Waals surface area contributed by atoms with Gasteiger partial charge in [0.05, 0.1) is 11.8 Å². The maximum absolute atomic E-state index is 11.7. The largest absolute Gasteiger partial charge is 0.513 e. The molecular formula is C13H16N3O5+. The molecule has 1 aromatic carbocycles. The lowest BCUT2D eigenvalue weighted by molar-refractivity contribution is -0.877. The molecule has 2 atom stereocenters. The van der Waals surface area contributed by atoms with Crippen molar-refractivity contribution in [1.29, 1.82) is 0 Å². The highest BCUT2D eigenvalue weighted by atomic mass is 16.4. The first-order valence-corrected chi connectivity index (χ1v) is 6.45. The second-order valence-electron chi connectivity index (χ2n) is 5.08. The molecule has 8 nitrogen and oxygen atoms in total. The molecule has 1 aliphatic heterocycles. The van der Waals surface area contributed by atoms with Gasteiger partial charge < -0.3 is 10.2 Å². The molecule has 1 aromatic rings. The monoisotopic (exact) mass is 294 g/mol. The van der Waals surface area contributed by atoms with E-state index in [-0.39, 0.29) is 26.2 Å². The molecule has 0 aliphatic carbocycles. The average Bonchev–Trinajstić information content (AvgIpc) is 2.48. The number of carboxylic acid groups (broad SMARTS) is 2. The standard InChI is InChI=1S/C13H15N3O5/c17-12(18)11-9-16(13(19)20,7-6-15(11)14-21)8-10-4-2-1-3-5-10/h1-5,11H,6-9H2,(H-,17,18,19,20)/p+1. The first-order chi connectivity index (χ1) is 9.98. The summed E-state index contributed by atoms with van der Waals surface area (Å²) in [5.74, 6) is -1.24. The van der Waals surface area contributed by atoms with E-state index in [9.17, 15) is 24.7 Å². The zero-order valence-corrected chi connectivity index (χ0v) is 11.3. The number of carbonyl (C=O) groups is 2. The summed E-state index contributed by atoms with van der Waals surface area (Å²) in [5.41, 5.74) is 0.802. The van der Waals surface area contributed by atoms with Crippen LogP contribution in [0.2, 0.25) is 0 Å². The van der Waals surface area contributed by atoms with E-state index in [1.54, 1.807) is 24.3 Å². The Bertz CT molecular complexity index is 550. The topological polar surface area (TPSA) is 107 Å². The normalized spacial score (nSPS) is 25.3. The van der Waals surface area contributed by atoms with Crippen LogP contribution in [0.5, 0.6) is 0 Å². The molecule has 0 saturated carbocycles. The van der Waals surface area contributed by atoms with Crippen molar-refractivity contribution in [3.8, 4) is 0 Å². The minimum Gasteiger partial charge on any atom is -0.479 e. The number of hydrogen-bond donors (Lipinski definition) is 2. The summed E-state index contributed by atoms with van der Waals surface area (Å²) in [7, 11) is 0. The van der Waals surface area contributed by atoms with Crippen LogP contribution in [0.4, 0.5) is 4.79 Å². The van der Waals surface area contributed by atoms with E-state index in [0.29, 0.717) is 0 Å². The van der Waals surface area contributed by atoms with Crippen LogP contribution < -0.4 is 0 Å². The molecule has 2 N–H and O–H groups in total. The number of quaternary nitrogens is 1. The van der Waals surface area contributed by atoms with Gasteiger partial charge in [-0.15, -0.1) is 4.91 Å². The number of carboxylic acids is 1. The highest BCUT2D eigenvalue weighted by molar-refractivity contribution is 5.74. The number of rotatable bonds is 4. The van der Waals surface area contributed by atoms with Crippen molar-refractivity contribution >= 4 is 12.1 Å². The summed E-state index contributed by atoms with van der Waals surface area (Å²) in [6, 6.07) is 7.78. The molecule has 8 heteroatoms. The molecule has 112 valence electrons. The third-order valence-corrected chi connectivity index (χ3v) is 3.76. The van der Waals surface area contributed by atoms with Crippen LogP contribution in [-0.2, 0) is 11.3 Å². The van der Waals surface area contributed by atoms with Crippen molar-refractivity contribution in [2.24, 2.45) is 5.29 Å². The lowest BCUT2D eigenvalue weighted by Crippen LogP contribution is -2.65. The van der Waals surface area contributed by atoms with Gasteiger partial charge in [0.25, 0.3) is 0 Å². The number of nitroso groups, excluding NO2 is 1. The molecule has 0 bridgehead atoms. The summed E-state index contributed by atoms with van der Waals surface area (Å²) in [5, 5.41) is 22.3. The first kappa shape index (κ1) is 14.9. The highest BCUT2D eigenvalue weighted by Gasteiger charge is 2.48. The second-order valence-corrected chi connectivity index (χ2v) is 5.08. The zero-order chi connectivity index (χ0) is 15.5. The average molecular weight is 294 g/mol. The van der Waals surface area contributed by atoms with Gasteiger partial charge in [0.15, 0.2) is 6.04 Å². The molecular weight excluding hydrogens is 278 g/mol. The van der Waals surface area contributed by atoms with E-state index < -0.39 is 22.6 Å². The second kappa shape index (κ2) is 5.88. The van der Waals surface area contributed by atoms with Crippen molar-refractivity contribution in [3.63, 3.8) is 0 Å². The van der Waals surface area contributed by atoms with Gasteiger partial charge in [0, 0.05) is 5.56 Å². The minimum absolute atomic E-state index is 0.000397. The molecule has 1 saturated heterocycles. The number of piperazine rings is 1. The summed E-state index contributed by atoms with van der Waals surface area (Å²) in [6.07, 6.45) is -1.10. The maximum Gasteiger partial charge on any atom is 0.513 e. The molecule has 1 aliphatic rings. The van der Waals surface area contributed by atoms with E-state index in [1.807, 2.05) is 6.07 Å². The van der Waals surface area contributed by atoms with Gasteiger partial charge in [-0.3, -0.25) is 0 Å². The van der Waals surface area contributed by atoms with Crippen molar-refractivity contribution in [2.75, 3.05) is 19.6 Å². The zero-order valence-electron chi connectivity index (χ0n) is 11.3. The molecule has 0 spiro atoms. The van der Waals surface area contributed by atoms with E-state index in [2.05, 4.69) is 5.29 Å². The van der Waals surface area contributed by atoms with Crippen molar-refractivity contribution in [1.82, 2.24) is 5.01 Å². The van der Waals surface area contributed by atoms with E-state index >= 15 is 0 Å². The van der Waals surface area contributed by atoms with Gasteiger partial charge in [-0.05, 0) is 0 Å². The van der Waals surface area contributed by atoms with Crippen LogP contribution in [0, 0.1) is 4.91 Å². The Morgan fingerprint density at radius 1 is 1.29 bits per heavy atom. The van der Waals surface area contributed by atoms with Gasteiger partial charge in [0.1, 0.15) is 19.6 Å². The van der Waals surface area contributed by atoms with Gasteiger partial charge >= 0.3 is 12.1 Å². The van der Waals surface area contributed by atoms with E-state index in [4.69, 9.17) is 0 Å². The van der Waals surface area contributed by atoms with Crippen LogP contribution in [0.25, 0.3) is 0 Å². The third kappa shape index (κ3) is 3.00. The molecule has 1 heterocycles. The number of benzene rings is 1. The Morgan fingerprint density at radius 2 is 1.95 bits per heavy atom. The van der Waals surface area contributed by atoms with Crippen LogP contribution in [0.3, 0.4) is 0 Å². The lowest BCUT2D eigenvalue weighted by atomic mass is 10.1. The molecule has 2 rings (SSSR count). The van der Waals surface area contributed by atoms with Gasteiger partial charge in [-0.2, -0.15) is 4.79 Å². The maximum atomic E-state index is 11.7. The van der Waals surface area contributed by atoms with Gasteiger partial charge in [-0.25, -0.2) is 14.3 Å². The Hall–Kier alpha value is -2.48. The molecule has 1 amide bonds. The molecule has 2 unspecified atom stereocenters. The highest BCUT2D eigenvalue weighted by Crippen LogP contribution is 2.23. The van der Waals surface area contributed by atoms with Gasteiger partial charge in [0.2, 0.25) is 0 Å². The Morgan fingerprint density at radius 3 is 2.48 bits per heavy atom. The Labute approximate surface area is 120 Å². The number of nitrogens with zero attached hydrogens (tertiary/aromatic N) is 3. The molecule has 21 heavy (non-hydrogen) atoms. The van der Waals surface area contributed by atoms with Crippen LogP contribution in [0.15, 0.2) is 35.6 Å². The SMILES string of the molecule is O=NN1CC[N+](Cc2ccccc2)(C(=O)O)CC1C(=O)O. The third-order valence-electron chi connectivity index (χ3n) is 3.76. The number of aliphatic carboxylic acids is 1. The summed E-state index contributed by atoms with van der Waals surface area (Å²) in [6.45, 7) is 0.0945. The smallest absolute Gasteiger partial charge is 0.479 e. The quantitative estimate of drug-likeness (QED) is 0.636. The van der Waals surface area contributed by atoms with Crippen LogP contribution in [-0.4, -0.2) is 57.4 Å². The van der Waals surface area contributed by atoms with Crippen molar-refractivity contribution in [3.05, 3.63) is 40.8 Å². The van der Waals surface area contributed by atoms with Crippen LogP contribution >= 0.6 is 0 Å². The molecule has 1 fully saturated rings. The van der Waals surface area contributed by atoms with E-state index in [1.165, 1.54) is 0 Å². The fourth-order valence-electron chi connectivity index (χ4n) is 2.59. The summed E-state index contributed by atoms with van der Waals surface area (Å²) < 4.78 is -0.424. The minimum atomic E-state index is -1.24. The van der Waals surface area contributed by atoms with Gasteiger partial charge in [-0.1, -0.05) is 30.3 Å².